The molecule has 0 aromatic heterocycles. The Morgan fingerprint density at radius 2 is 2.00 bits per heavy atom. The van der Waals surface area contributed by atoms with Gasteiger partial charge in [0, 0.05) is 6.54 Å². The van der Waals surface area contributed by atoms with E-state index in [1.54, 1.807) is 0 Å². The highest BCUT2D eigenvalue weighted by molar-refractivity contribution is 5.08. The predicted molar refractivity (Wildman–Crippen MR) is 40.5 cm³/mol. The fourth-order valence-electron chi connectivity index (χ4n) is 1.88. The summed E-state index contributed by atoms with van der Waals surface area (Å²) < 4.78 is 37.3. The van der Waals surface area contributed by atoms with Crippen molar-refractivity contribution >= 4 is 0 Å². The molecule has 0 bridgehead atoms. The van der Waals surface area contributed by atoms with E-state index in [1.165, 1.54) is 0 Å². The quantitative estimate of drug-likeness (QED) is 0.694. The third-order valence-corrected chi connectivity index (χ3v) is 2.87. The highest BCUT2D eigenvalue weighted by atomic mass is 19.4. The van der Waals surface area contributed by atoms with E-state index in [0.717, 1.165) is 0 Å². The molecule has 0 radical (unpaired) electrons. The van der Waals surface area contributed by atoms with Crippen molar-refractivity contribution in [3.63, 3.8) is 0 Å². The van der Waals surface area contributed by atoms with Crippen LogP contribution in [0.4, 0.5) is 13.2 Å². The average Bonchev–Trinajstić information content (AvgIpc) is 2.59. The van der Waals surface area contributed by atoms with Crippen LogP contribution in [0.5, 0.6) is 0 Å². The molecule has 0 spiro atoms. The molecule has 1 aliphatic carbocycles. The van der Waals surface area contributed by atoms with E-state index in [0.29, 0.717) is 0 Å². The topological polar surface area (TPSA) is 26.0 Å². The molecule has 0 aromatic carbocycles. The van der Waals surface area contributed by atoms with Crippen LogP contribution in [0.3, 0.4) is 0 Å². The van der Waals surface area contributed by atoms with Crippen molar-refractivity contribution in [1.29, 1.82) is 0 Å². The number of nitrogens with two attached hydrogens (primary N) is 1. The van der Waals surface area contributed by atoms with Gasteiger partial charge in [-0.3, -0.25) is 0 Å². The number of halogens is 3. The second kappa shape index (κ2) is 2.62. The van der Waals surface area contributed by atoms with Crippen LogP contribution >= 0.6 is 0 Å². The molecule has 1 saturated carbocycles. The minimum absolute atomic E-state index is 0.0789. The lowest BCUT2D eigenvalue weighted by atomic mass is 9.97. The highest BCUT2D eigenvalue weighted by Gasteiger charge is 2.69. The fourth-order valence-corrected chi connectivity index (χ4v) is 1.88. The van der Waals surface area contributed by atoms with E-state index < -0.39 is 11.6 Å². The largest absolute Gasteiger partial charge is 0.395 e. The molecular weight excluding hydrogens is 167 g/mol. The zero-order valence-corrected chi connectivity index (χ0v) is 7.28. The van der Waals surface area contributed by atoms with Gasteiger partial charge in [-0.25, -0.2) is 0 Å². The lowest BCUT2D eigenvalue weighted by Gasteiger charge is -2.20. The van der Waals surface area contributed by atoms with Gasteiger partial charge in [-0.05, 0) is 18.3 Å². The molecule has 2 atom stereocenters. The molecule has 4 heteroatoms. The van der Waals surface area contributed by atoms with Gasteiger partial charge in [0.15, 0.2) is 0 Å². The van der Waals surface area contributed by atoms with Crippen LogP contribution in [0.15, 0.2) is 0 Å². The second-order valence-corrected chi connectivity index (χ2v) is 3.91. The van der Waals surface area contributed by atoms with Crippen molar-refractivity contribution in [3.8, 4) is 0 Å². The maximum atomic E-state index is 12.4. The minimum atomic E-state index is -4.11. The van der Waals surface area contributed by atoms with Gasteiger partial charge in [-0.15, -0.1) is 0 Å². The summed E-state index contributed by atoms with van der Waals surface area (Å²) in [7, 11) is 0. The van der Waals surface area contributed by atoms with E-state index in [9.17, 15) is 13.2 Å². The maximum Gasteiger partial charge on any atom is 0.395 e. The average molecular weight is 181 g/mol. The maximum absolute atomic E-state index is 12.4. The van der Waals surface area contributed by atoms with Crippen LogP contribution in [-0.2, 0) is 0 Å². The summed E-state index contributed by atoms with van der Waals surface area (Å²) in [4.78, 5) is 0. The zero-order chi connectivity index (χ0) is 9.57. The molecule has 0 amide bonds. The Bertz CT molecular complexity index is 176. The van der Waals surface area contributed by atoms with Gasteiger partial charge in [0.1, 0.15) is 0 Å². The summed E-state index contributed by atoms with van der Waals surface area (Å²) in [6.45, 7) is 3.36. The summed E-state index contributed by atoms with van der Waals surface area (Å²) in [6.07, 6.45) is -3.90. The first kappa shape index (κ1) is 9.84. The number of hydrogen-bond donors (Lipinski definition) is 1. The SMILES string of the molecule is CC(C)C1CC1(CN)C(F)(F)F. The molecule has 0 heterocycles. The predicted octanol–water partition coefficient (Wildman–Crippen LogP) is 2.17. The number of rotatable bonds is 2. The van der Waals surface area contributed by atoms with Gasteiger partial charge in [0.05, 0.1) is 5.41 Å². The van der Waals surface area contributed by atoms with E-state index in [-0.39, 0.29) is 24.8 Å². The Balaban J connectivity index is 2.72. The third-order valence-electron chi connectivity index (χ3n) is 2.87. The van der Waals surface area contributed by atoms with Crippen molar-refractivity contribution in [2.45, 2.75) is 26.4 Å². The Hall–Kier alpha value is -0.250. The molecule has 1 aliphatic rings. The molecule has 1 fully saturated rings. The van der Waals surface area contributed by atoms with E-state index >= 15 is 0 Å². The lowest BCUT2D eigenvalue weighted by Crippen LogP contribution is -2.34. The summed E-state index contributed by atoms with van der Waals surface area (Å²) in [5.74, 6) is -0.183. The first-order chi connectivity index (χ1) is 5.35. The molecule has 2 unspecified atom stereocenters. The van der Waals surface area contributed by atoms with Crippen molar-refractivity contribution < 1.29 is 13.2 Å². The van der Waals surface area contributed by atoms with E-state index in [4.69, 9.17) is 5.73 Å². The molecule has 1 rings (SSSR count). The van der Waals surface area contributed by atoms with Gasteiger partial charge in [-0.2, -0.15) is 13.2 Å². The van der Waals surface area contributed by atoms with Gasteiger partial charge in [0.2, 0.25) is 0 Å². The molecular formula is C8H14F3N. The zero-order valence-electron chi connectivity index (χ0n) is 7.28. The van der Waals surface area contributed by atoms with Crippen LogP contribution in [0.25, 0.3) is 0 Å². The summed E-state index contributed by atoms with van der Waals surface area (Å²) in [5.41, 5.74) is 3.61. The smallest absolute Gasteiger partial charge is 0.330 e. The van der Waals surface area contributed by atoms with Crippen molar-refractivity contribution in [3.05, 3.63) is 0 Å². The van der Waals surface area contributed by atoms with Crippen LogP contribution in [0, 0.1) is 17.3 Å². The Morgan fingerprint density at radius 1 is 1.50 bits per heavy atom. The van der Waals surface area contributed by atoms with Crippen LogP contribution < -0.4 is 5.73 Å². The van der Waals surface area contributed by atoms with Crippen LogP contribution in [0.1, 0.15) is 20.3 Å². The first-order valence-corrected chi connectivity index (χ1v) is 4.12. The van der Waals surface area contributed by atoms with E-state index in [2.05, 4.69) is 0 Å². The normalized spacial score (nSPS) is 35.8. The van der Waals surface area contributed by atoms with Crippen LogP contribution in [-0.4, -0.2) is 12.7 Å². The standard InChI is InChI=1S/C8H14F3N/c1-5(2)6-3-7(6,4-12)8(9,10)11/h5-6H,3-4,12H2,1-2H3. The molecule has 1 nitrogen and oxygen atoms in total. The van der Waals surface area contributed by atoms with Crippen molar-refractivity contribution in [1.82, 2.24) is 0 Å². The van der Waals surface area contributed by atoms with Crippen molar-refractivity contribution in [2.75, 3.05) is 6.54 Å². The fraction of sp³-hybridized carbons (Fsp3) is 1.00. The van der Waals surface area contributed by atoms with Gasteiger partial charge >= 0.3 is 6.18 Å². The second-order valence-electron chi connectivity index (χ2n) is 3.91. The molecule has 72 valence electrons. The molecule has 0 aromatic rings. The Morgan fingerprint density at radius 3 is 2.08 bits per heavy atom. The molecule has 2 N–H and O–H groups in total. The minimum Gasteiger partial charge on any atom is -0.330 e. The lowest BCUT2D eigenvalue weighted by molar-refractivity contribution is -0.190. The third kappa shape index (κ3) is 1.22. The molecule has 0 saturated heterocycles. The molecule has 12 heavy (non-hydrogen) atoms. The first-order valence-electron chi connectivity index (χ1n) is 4.12. The summed E-state index contributed by atoms with van der Waals surface area (Å²) in [6, 6.07) is 0. The number of alkyl halides is 3. The monoisotopic (exact) mass is 181 g/mol. The Labute approximate surface area is 70.1 Å². The Kier molecular flexibility index (Phi) is 2.15. The molecule has 0 aliphatic heterocycles. The summed E-state index contributed by atoms with van der Waals surface area (Å²) in [5, 5.41) is 0. The summed E-state index contributed by atoms with van der Waals surface area (Å²) >= 11 is 0. The highest BCUT2D eigenvalue weighted by Crippen LogP contribution is 2.64. The van der Waals surface area contributed by atoms with Gasteiger partial charge in [-0.1, -0.05) is 13.8 Å². The van der Waals surface area contributed by atoms with Gasteiger partial charge < -0.3 is 5.73 Å². The van der Waals surface area contributed by atoms with Crippen LogP contribution in [0.2, 0.25) is 0 Å². The van der Waals surface area contributed by atoms with Crippen molar-refractivity contribution in [2.24, 2.45) is 23.0 Å². The van der Waals surface area contributed by atoms with Gasteiger partial charge in [0.25, 0.3) is 0 Å². The number of hydrogen-bond acceptors (Lipinski definition) is 1. The van der Waals surface area contributed by atoms with E-state index in [1.807, 2.05) is 13.8 Å².